The van der Waals surface area contributed by atoms with Crippen LogP contribution >= 0.6 is 0 Å². The SMILES string of the molecule is CC(N)CC(=O)N1CCNCC1(C)C. The molecule has 0 aliphatic carbocycles. The highest BCUT2D eigenvalue weighted by Crippen LogP contribution is 2.17. The Morgan fingerprint density at radius 2 is 2.29 bits per heavy atom. The van der Waals surface area contributed by atoms with Crippen LogP contribution < -0.4 is 11.1 Å². The Kier molecular flexibility index (Phi) is 3.50. The Hall–Kier alpha value is -0.610. The van der Waals surface area contributed by atoms with Crippen molar-refractivity contribution in [2.45, 2.75) is 38.8 Å². The zero-order chi connectivity index (χ0) is 10.8. The maximum atomic E-state index is 11.8. The molecular weight excluding hydrogens is 178 g/mol. The summed E-state index contributed by atoms with van der Waals surface area (Å²) < 4.78 is 0. The molecule has 0 aromatic heterocycles. The first-order valence-electron chi connectivity index (χ1n) is 5.20. The minimum absolute atomic E-state index is 0.0480. The van der Waals surface area contributed by atoms with Crippen LogP contribution in [0.3, 0.4) is 0 Å². The molecule has 82 valence electrons. The molecule has 4 nitrogen and oxygen atoms in total. The standard InChI is InChI=1S/C10H21N3O/c1-8(11)6-9(14)13-5-4-12-7-10(13,2)3/h8,12H,4-7,11H2,1-3H3. The summed E-state index contributed by atoms with van der Waals surface area (Å²) in [5, 5.41) is 3.29. The lowest BCUT2D eigenvalue weighted by atomic mass is 9.99. The largest absolute Gasteiger partial charge is 0.335 e. The smallest absolute Gasteiger partial charge is 0.224 e. The van der Waals surface area contributed by atoms with Gasteiger partial charge in [0, 0.05) is 37.6 Å². The van der Waals surface area contributed by atoms with E-state index in [1.54, 1.807) is 0 Å². The number of carbonyl (C=O) groups excluding carboxylic acids is 1. The van der Waals surface area contributed by atoms with Crippen LogP contribution in [0, 0.1) is 0 Å². The van der Waals surface area contributed by atoms with Gasteiger partial charge in [0.05, 0.1) is 0 Å². The van der Waals surface area contributed by atoms with Gasteiger partial charge in [-0.25, -0.2) is 0 Å². The summed E-state index contributed by atoms with van der Waals surface area (Å²) in [6.45, 7) is 8.56. The zero-order valence-electron chi connectivity index (χ0n) is 9.34. The first-order chi connectivity index (χ1) is 6.43. The molecule has 0 spiro atoms. The minimum atomic E-state index is -0.0791. The average Bonchev–Trinajstić information content (AvgIpc) is 2.01. The van der Waals surface area contributed by atoms with Crippen LogP contribution in [0.2, 0.25) is 0 Å². The van der Waals surface area contributed by atoms with Crippen LogP contribution in [0.25, 0.3) is 0 Å². The number of piperazine rings is 1. The highest BCUT2D eigenvalue weighted by atomic mass is 16.2. The van der Waals surface area contributed by atoms with E-state index >= 15 is 0 Å². The van der Waals surface area contributed by atoms with Gasteiger partial charge in [0.1, 0.15) is 0 Å². The molecule has 1 unspecified atom stereocenters. The molecule has 3 N–H and O–H groups in total. The molecular formula is C10H21N3O. The van der Waals surface area contributed by atoms with E-state index in [-0.39, 0.29) is 17.5 Å². The number of hydrogen-bond donors (Lipinski definition) is 2. The fourth-order valence-electron chi connectivity index (χ4n) is 1.83. The Morgan fingerprint density at radius 1 is 1.64 bits per heavy atom. The van der Waals surface area contributed by atoms with Gasteiger partial charge in [-0.2, -0.15) is 0 Å². The summed E-state index contributed by atoms with van der Waals surface area (Å²) in [4.78, 5) is 13.8. The van der Waals surface area contributed by atoms with E-state index in [0.717, 1.165) is 19.6 Å². The molecule has 4 heteroatoms. The van der Waals surface area contributed by atoms with E-state index < -0.39 is 0 Å². The van der Waals surface area contributed by atoms with Crippen molar-refractivity contribution >= 4 is 5.91 Å². The molecule has 1 aliphatic rings. The topological polar surface area (TPSA) is 58.4 Å². The van der Waals surface area contributed by atoms with Crippen molar-refractivity contribution in [3.05, 3.63) is 0 Å². The van der Waals surface area contributed by atoms with Gasteiger partial charge in [-0.3, -0.25) is 4.79 Å². The summed E-state index contributed by atoms with van der Waals surface area (Å²) in [5.74, 6) is 0.173. The second-order valence-corrected chi connectivity index (χ2v) is 4.72. The van der Waals surface area contributed by atoms with Crippen LogP contribution in [-0.2, 0) is 4.79 Å². The monoisotopic (exact) mass is 199 g/mol. The van der Waals surface area contributed by atoms with Crippen molar-refractivity contribution in [1.82, 2.24) is 10.2 Å². The van der Waals surface area contributed by atoms with E-state index in [1.807, 2.05) is 11.8 Å². The number of nitrogens with two attached hydrogens (primary N) is 1. The fourth-order valence-corrected chi connectivity index (χ4v) is 1.83. The molecule has 1 aliphatic heterocycles. The quantitative estimate of drug-likeness (QED) is 0.655. The summed E-state index contributed by atoms with van der Waals surface area (Å²) in [7, 11) is 0. The molecule has 1 amide bonds. The van der Waals surface area contributed by atoms with Crippen molar-refractivity contribution in [3.8, 4) is 0 Å². The average molecular weight is 199 g/mol. The van der Waals surface area contributed by atoms with Crippen molar-refractivity contribution in [2.24, 2.45) is 5.73 Å². The molecule has 0 saturated carbocycles. The third kappa shape index (κ3) is 2.69. The summed E-state index contributed by atoms with van der Waals surface area (Å²) >= 11 is 0. The van der Waals surface area contributed by atoms with Crippen LogP contribution in [0.4, 0.5) is 0 Å². The molecule has 1 fully saturated rings. The molecule has 0 aromatic rings. The predicted octanol–water partition coefficient (Wildman–Crippen LogP) is -0.0659. The number of nitrogens with one attached hydrogen (secondary N) is 1. The Labute approximate surface area is 85.8 Å². The molecule has 0 radical (unpaired) electrons. The van der Waals surface area contributed by atoms with Crippen LogP contribution in [0.5, 0.6) is 0 Å². The van der Waals surface area contributed by atoms with Crippen molar-refractivity contribution < 1.29 is 4.79 Å². The number of hydrogen-bond acceptors (Lipinski definition) is 3. The fraction of sp³-hybridized carbons (Fsp3) is 0.900. The van der Waals surface area contributed by atoms with Crippen molar-refractivity contribution in [1.29, 1.82) is 0 Å². The van der Waals surface area contributed by atoms with Gasteiger partial charge in [-0.1, -0.05) is 0 Å². The normalized spacial score (nSPS) is 23.3. The third-order valence-electron chi connectivity index (χ3n) is 2.60. The van der Waals surface area contributed by atoms with Gasteiger partial charge in [0.15, 0.2) is 0 Å². The number of nitrogens with zero attached hydrogens (tertiary/aromatic N) is 1. The molecule has 1 atom stereocenters. The van der Waals surface area contributed by atoms with Gasteiger partial charge in [0.25, 0.3) is 0 Å². The number of rotatable bonds is 2. The van der Waals surface area contributed by atoms with Crippen molar-refractivity contribution in [3.63, 3.8) is 0 Å². The van der Waals surface area contributed by atoms with Crippen LogP contribution in [0.1, 0.15) is 27.2 Å². The minimum Gasteiger partial charge on any atom is -0.335 e. The third-order valence-corrected chi connectivity index (χ3v) is 2.60. The van der Waals surface area contributed by atoms with E-state index in [2.05, 4.69) is 19.2 Å². The lowest BCUT2D eigenvalue weighted by Crippen LogP contribution is -2.60. The van der Waals surface area contributed by atoms with Gasteiger partial charge in [-0.05, 0) is 20.8 Å². The number of amides is 1. The van der Waals surface area contributed by atoms with Gasteiger partial charge in [0.2, 0.25) is 5.91 Å². The summed E-state index contributed by atoms with van der Waals surface area (Å²) in [6, 6.07) is -0.0480. The molecule has 0 aromatic carbocycles. The number of carbonyl (C=O) groups is 1. The lowest BCUT2D eigenvalue weighted by molar-refractivity contribution is -0.137. The van der Waals surface area contributed by atoms with E-state index in [4.69, 9.17) is 5.73 Å². The van der Waals surface area contributed by atoms with Gasteiger partial charge >= 0.3 is 0 Å². The highest BCUT2D eigenvalue weighted by Gasteiger charge is 2.32. The van der Waals surface area contributed by atoms with Crippen LogP contribution in [0.15, 0.2) is 0 Å². The summed E-state index contributed by atoms with van der Waals surface area (Å²) in [6.07, 6.45) is 0.448. The van der Waals surface area contributed by atoms with E-state index in [1.165, 1.54) is 0 Å². The molecule has 14 heavy (non-hydrogen) atoms. The lowest BCUT2D eigenvalue weighted by Gasteiger charge is -2.43. The molecule has 1 heterocycles. The molecule has 0 bridgehead atoms. The maximum absolute atomic E-state index is 11.8. The van der Waals surface area contributed by atoms with Gasteiger partial charge in [-0.15, -0.1) is 0 Å². The predicted molar refractivity (Wildman–Crippen MR) is 56.9 cm³/mol. The second kappa shape index (κ2) is 4.28. The maximum Gasteiger partial charge on any atom is 0.224 e. The zero-order valence-corrected chi connectivity index (χ0v) is 9.34. The van der Waals surface area contributed by atoms with E-state index in [9.17, 15) is 4.79 Å². The summed E-state index contributed by atoms with van der Waals surface area (Å²) in [5.41, 5.74) is 5.55. The van der Waals surface area contributed by atoms with Gasteiger partial charge < -0.3 is 16.0 Å². The van der Waals surface area contributed by atoms with Crippen LogP contribution in [-0.4, -0.2) is 42.0 Å². The van der Waals surface area contributed by atoms with Crippen molar-refractivity contribution in [2.75, 3.05) is 19.6 Å². The highest BCUT2D eigenvalue weighted by molar-refractivity contribution is 5.77. The Bertz CT molecular complexity index is 213. The first kappa shape index (κ1) is 11.5. The molecule has 1 saturated heterocycles. The van der Waals surface area contributed by atoms with E-state index in [0.29, 0.717) is 6.42 Å². The Balaban J connectivity index is 2.60. The molecule has 1 rings (SSSR count). The Morgan fingerprint density at radius 3 is 2.79 bits per heavy atom. The second-order valence-electron chi connectivity index (χ2n) is 4.72. The first-order valence-corrected chi connectivity index (χ1v) is 5.20.